The molecule has 1 unspecified atom stereocenters. The molecule has 90 valence electrons. The monoisotopic (exact) mass is 297 g/mol. The first-order valence-electron chi connectivity index (χ1n) is 5.34. The van der Waals surface area contributed by atoms with Crippen LogP contribution in [0.4, 0.5) is 4.39 Å². The number of nitriles is 1. The van der Waals surface area contributed by atoms with E-state index in [2.05, 4.69) is 15.9 Å². The highest BCUT2D eigenvalue weighted by Gasteiger charge is 2.23. The lowest BCUT2D eigenvalue weighted by Crippen LogP contribution is -2.16. The molecule has 1 atom stereocenters. The minimum absolute atomic E-state index is 0.234. The standard InChI is InChI=1S/C13H13BrFNO/c1-8(2)5-9(7-16)13(17)11-6-10(15)3-4-12(11)14/h3-4,6,8-9H,5H2,1-2H3. The van der Waals surface area contributed by atoms with Gasteiger partial charge >= 0.3 is 0 Å². The first-order valence-corrected chi connectivity index (χ1v) is 6.14. The molecule has 0 aliphatic rings. The Labute approximate surface area is 109 Å². The third-order valence-electron chi connectivity index (χ3n) is 2.37. The van der Waals surface area contributed by atoms with Gasteiger partial charge in [0.1, 0.15) is 11.7 Å². The number of rotatable bonds is 4. The summed E-state index contributed by atoms with van der Waals surface area (Å²) in [6.07, 6.45) is 0.484. The van der Waals surface area contributed by atoms with Crippen LogP contribution in [0.15, 0.2) is 22.7 Å². The summed E-state index contributed by atoms with van der Waals surface area (Å²) in [4.78, 5) is 12.1. The molecule has 2 nitrogen and oxygen atoms in total. The minimum Gasteiger partial charge on any atom is -0.293 e. The molecule has 0 saturated carbocycles. The average Bonchev–Trinajstić information content (AvgIpc) is 2.28. The van der Waals surface area contributed by atoms with E-state index in [-0.39, 0.29) is 17.3 Å². The quantitative estimate of drug-likeness (QED) is 0.789. The van der Waals surface area contributed by atoms with Crippen LogP contribution in [0, 0.1) is 29.0 Å². The normalized spacial score (nSPS) is 12.2. The fourth-order valence-corrected chi connectivity index (χ4v) is 2.01. The van der Waals surface area contributed by atoms with Crippen molar-refractivity contribution in [1.29, 1.82) is 5.26 Å². The molecular weight excluding hydrogens is 285 g/mol. The van der Waals surface area contributed by atoms with Crippen molar-refractivity contribution in [2.45, 2.75) is 20.3 Å². The molecule has 0 aromatic heterocycles. The summed E-state index contributed by atoms with van der Waals surface area (Å²) < 4.78 is 13.6. The van der Waals surface area contributed by atoms with Crippen molar-refractivity contribution in [3.05, 3.63) is 34.1 Å². The van der Waals surface area contributed by atoms with Gasteiger partial charge < -0.3 is 0 Å². The Bertz CT molecular complexity index is 465. The first-order chi connectivity index (χ1) is 7.95. The Morgan fingerprint density at radius 2 is 2.18 bits per heavy atom. The number of ketones is 1. The van der Waals surface area contributed by atoms with E-state index in [1.54, 1.807) is 0 Å². The van der Waals surface area contributed by atoms with Crippen molar-refractivity contribution < 1.29 is 9.18 Å². The van der Waals surface area contributed by atoms with Crippen LogP contribution in [0.2, 0.25) is 0 Å². The van der Waals surface area contributed by atoms with Crippen LogP contribution < -0.4 is 0 Å². The van der Waals surface area contributed by atoms with E-state index >= 15 is 0 Å². The third-order valence-corrected chi connectivity index (χ3v) is 3.06. The fraction of sp³-hybridized carbons (Fsp3) is 0.385. The van der Waals surface area contributed by atoms with Crippen LogP contribution in [0.5, 0.6) is 0 Å². The molecule has 0 bridgehead atoms. The van der Waals surface area contributed by atoms with Crippen molar-refractivity contribution in [3.63, 3.8) is 0 Å². The topological polar surface area (TPSA) is 40.9 Å². The Morgan fingerprint density at radius 3 is 2.71 bits per heavy atom. The molecule has 0 fully saturated rings. The van der Waals surface area contributed by atoms with Gasteiger partial charge in [0.05, 0.1) is 6.07 Å². The molecular formula is C13H13BrFNO. The van der Waals surface area contributed by atoms with Crippen LogP contribution in [0.25, 0.3) is 0 Å². The molecule has 0 saturated heterocycles. The summed E-state index contributed by atoms with van der Waals surface area (Å²) in [5.41, 5.74) is 0.234. The van der Waals surface area contributed by atoms with Crippen molar-refractivity contribution >= 4 is 21.7 Å². The molecule has 1 rings (SSSR count). The summed E-state index contributed by atoms with van der Waals surface area (Å²) >= 11 is 3.20. The highest BCUT2D eigenvalue weighted by Crippen LogP contribution is 2.23. The van der Waals surface area contributed by atoms with Gasteiger partial charge in [-0.3, -0.25) is 4.79 Å². The number of carbonyl (C=O) groups is 1. The molecule has 17 heavy (non-hydrogen) atoms. The Balaban J connectivity index is 3.02. The van der Waals surface area contributed by atoms with Crippen molar-refractivity contribution in [1.82, 2.24) is 0 Å². The van der Waals surface area contributed by atoms with Crippen LogP contribution in [0.3, 0.4) is 0 Å². The summed E-state index contributed by atoms with van der Waals surface area (Å²) in [5.74, 6) is -1.27. The molecule has 0 heterocycles. The van der Waals surface area contributed by atoms with Crippen molar-refractivity contribution in [3.8, 4) is 6.07 Å². The van der Waals surface area contributed by atoms with Crippen molar-refractivity contribution in [2.75, 3.05) is 0 Å². The van der Waals surface area contributed by atoms with E-state index in [4.69, 9.17) is 5.26 Å². The van der Waals surface area contributed by atoms with E-state index in [0.717, 1.165) is 6.07 Å². The molecule has 0 aliphatic heterocycles. The largest absolute Gasteiger partial charge is 0.293 e. The average molecular weight is 298 g/mol. The van der Waals surface area contributed by atoms with Crippen LogP contribution in [0.1, 0.15) is 30.6 Å². The summed E-state index contributed by atoms with van der Waals surface area (Å²) in [7, 11) is 0. The van der Waals surface area contributed by atoms with E-state index < -0.39 is 11.7 Å². The molecule has 0 amide bonds. The summed E-state index contributed by atoms with van der Waals surface area (Å²) in [6.45, 7) is 3.89. The van der Waals surface area contributed by atoms with Gasteiger partial charge in [0.2, 0.25) is 0 Å². The van der Waals surface area contributed by atoms with E-state index in [9.17, 15) is 9.18 Å². The first kappa shape index (κ1) is 13.9. The molecule has 1 aromatic rings. The van der Waals surface area contributed by atoms with Gasteiger partial charge in [0.25, 0.3) is 0 Å². The minimum atomic E-state index is -0.715. The predicted octanol–water partition coefficient (Wildman–Crippen LogP) is 3.96. The molecule has 0 radical (unpaired) electrons. The Hall–Kier alpha value is -1.21. The number of Topliss-reactive ketones (excluding diaryl/α,β-unsaturated/α-hetero) is 1. The molecule has 4 heteroatoms. The molecule has 0 spiro atoms. The van der Waals surface area contributed by atoms with Gasteiger partial charge in [-0.1, -0.05) is 29.8 Å². The smallest absolute Gasteiger partial charge is 0.181 e. The van der Waals surface area contributed by atoms with E-state index in [0.29, 0.717) is 10.9 Å². The zero-order valence-electron chi connectivity index (χ0n) is 9.71. The summed E-state index contributed by atoms with van der Waals surface area (Å²) in [6, 6.07) is 5.90. The second kappa shape index (κ2) is 5.92. The number of hydrogen-bond donors (Lipinski definition) is 0. The lowest BCUT2D eigenvalue weighted by molar-refractivity contribution is 0.0935. The fourth-order valence-electron chi connectivity index (χ4n) is 1.56. The Morgan fingerprint density at radius 1 is 1.53 bits per heavy atom. The molecule has 0 aliphatic carbocycles. The van der Waals surface area contributed by atoms with Gasteiger partial charge in [0.15, 0.2) is 5.78 Å². The van der Waals surface area contributed by atoms with Crippen molar-refractivity contribution in [2.24, 2.45) is 11.8 Å². The number of carbonyl (C=O) groups excluding carboxylic acids is 1. The predicted molar refractivity (Wildman–Crippen MR) is 67.0 cm³/mol. The third kappa shape index (κ3) is 3.64. The maximum Gasteiger partial charge on any atom is 0.181 e. The number of halogens is 2. The second-order valence-corrected chi connectivity index (χ2v) is 5.15. The lowest BCUT2D eigenvalue weighted by Gasteiger charge is -2.11. The van der Waals surface area contributed by atoms with Crippen LogP contribution in [-0.4, -0.2) is 5.78 Å². The van der Waals surface area contributed by atoms with Gasteiger partial charge in [0, 0.05) is 10.0 Å². The number of nitrogens with zero attached hydrogens (tertiary/aromatic N) is 1. The summed E-state index contributed by atoms with van der Waals surface area (Å²) in [5, 5.41) is 8.99. The highest BCUT2D eigenvalue weighted by molar-refractivity contribution is 9.10. The highest BCUT2D eigenvalue weighted by atomic mass is 79.9. The van der Waals surface area contributed by atoms with Crippen LogP contribution in [-0.2, 0) is 0 Å². The molecule has 1 aromatic carbocycles. The second-order valence-electron chi connectivity index (χ2n) is 4.30. The lowest BCUT2D eigenvalue weighted by atomic mass is 9.91. The van der Waals surface area contributed by atoms with Gasteiger partial charge in [-0.15, -0.1) is 0 Å². The van der Waals surface area contributed by atoms with Crippen LogP contribution >= 0.6 is 15.9 Å². The van der Waals surface area contributed by atoms with E-state index in [1.165, 1.54) is 12.1 Å². The van der Waals surface area contributed by atoms with E-state index in [1.807, 2.05) is 19.9 Å². The maximum atomic E-state index is 13.1. The Kier molecular flexibility index (Phi) is 4.83. The van der Waals surface area contributed by atoms with Gasteiger partial charge in [-0.2, -0.15) is 5.26 Å². The van der Waals surface area contributed by atoms with Gasteiger partial charge in [-0.25, -0.2) is 4.39 Å². The maximum absolute atomic E-state index is 13.1. The zero-order valence-corrected chi connectivity index (χ0v) is 11.3. The van der Waals surface area contributed by atoms with Gasteiger partial charge in [-0.05, 0) is 30.5 Å². The SMILES string of the molecule is CC(C)CC(C#N)C(=O)c1cc(F)ccc1Br. The number of benzene rings is 1. The molecule has 0 N–H and O–H groups in total. The number of hydrogen-bond acceptors (Lipinski definition) is 2. The zero-order chi connectivity index (χ0) is 13.0.